The van der Waals surface area contributed by atoms with E-state index >= 15 is 0 Å². The van der Waals surface area contributed by atoms with Crippen molar-refractivity contribution in [3.63, 3.8) is 0 Å². The molecule has 1 saturated heterocycles. The Kier molecular flexibility index (Phi) is 6.24. The minimum Gasteiger partial charge on any atom is -0.595 e. The van der Waals surface area contributed by atoms with Gasteiger partial charge in [0.15, 0.2) is 0 Å². The van der Waals surface area contributed by atoms with Crippen LogP contribution in [0.25, 0.3) is 0 Å². The Morgan fingerprint density at radius 1 is 1.21 bits per heavy atom. The molecule has 1 aromatic heterocycles. The molecule has 3 aliphatic heterocycles. The van der Waals surface area contributed by atoms with E-state index in [9.17, 15) is 24.8 Å². The van der Waals surface area contributed by atoms with Gasteiger partial charge in [-0.25, -0.2) is 5.21 Å². The average molecular weight is 485 g/mol. The van der Waals surface area contributed by atoms with Crippen molar-refractivity contribution in [2.75, 3.05) is 25.1 Å². The van der Waals surface area contributed by atoms with Crippen LogP contribution in [-0.4, -0.2) is 62.5 Å². The van der Waals surface area contributed by atoms with Crippen molar-refractivity contribution in [3.05, 3.63) is 68.8 Å². The quantitative estimate of drug-likeness (QED) is 0.592. The van der Waals surface area contributed by atoms with Crippen LogP contribution in [0.3, 0.4) is 0 Å². The monoisotopic (exact) mass is 484 g/mol. The lowest BCUT2D eigenvalue weighted by atomic mass is 9.82. The number of piperidine rings is 1. The number of amides is 2. The van der Waals surface area contributed by atoms with Gasteiger partial charge in [0.2, 0.25) is 11.6 Å². The number of benzene rings is 1. The van der Waals surface area contributed by atoms with Crippen LogP contribution in [0.15, 0.2) is 41.2 Å². The second-order valence-corrected chi connectivity index (χ2v) is 10.3. The molecule has 0 aliphatic carbocycles. The van der Waals surface area contributed by atoms with Crippen LogP contribution in [-0.2, 0) is 17.9 Å². The lowest BCUT2D eigenvalue weighted by Crippen LogP contribution is -3.00. The predicted octanol–water partition coefficient (Wildman–Crippen LogP) is 0.975. The largest absolute Gasteiger partial charge is 0.595 e. The predicted molar refractivity (Wildman–Crippen MR) is 127 cm³/mol. The summed E-state index contributed by atoms with van der Waals surface area (Å²) in [6.07, 6.45) is 3.44. The number of hydrogen-bond acceptors (Lipinski definition) is 6. The van der Waals surface area contributed by atoms with E-state index in [4.69, 9.17) is 0 Å². The normalized spacial score (nSPS) is 22.9. The van der Waals surface area contributed by atoms with Gasteiger partial charge in [-0.2, -0.15) is 17.0 Å². The average Bonchev–Trinajstić information content (AvgIpc) is 3.16. The smallest absolute Gasteiger partial charge is 0.315 e. The number of pyridine rings is 1. The zero-order valence-corrected chi connectivity index (χ0v) is 19.8. The van der Waals surface area contributed by atoms with Gasteiger partial charge >= 0.3 is 5.56 Å². The van der Waals surface area contributed by atoms with E-state index in [1.54, 1.807) is 27.3 Å². The van der Waals surface area contributed by atoms with Crippen molar-refractivity contribution in [1.82, 2.24) is 14.4 Å². The molecule has 1 aromatic carbocycles. The summed E-state index contributed by atoms with van der Waals surface area (Å²) in [6.45, 7) is 1.81. The summed E-state index contributed by atoms with van der Waals surface area (Å²) < 4.78 is 1.58. The number of aromatic nitrogens is 1. The Labute approximate surface area is 201 Å². The van der Waals surface area contributed by atoms with Gasteiger partial charge in [-0.05, 0) is 48.5 Å². The van der Waals surface area contributed by atoms with Crippen LogP contribution in [0.1, 0.15) is 40.4 Å². The molecule has 2 aromatic rings. The number of hydrogen-bond donors (Lipinski definition) is 2. The Hall–Kier alpha value is -2.66. The van der Waals surface area contributed by atoms with Crippen molar-refractivity contribution in [2.45, 2.75) is 37.9 Å². The van der Waals surface area contributed by atoms with Gasteiger partial charge in [0, 0.05) is 49.4 Å². The minimum atomic E-state index is -1.22. The van der Waals surface area contributed by atoms with Gasteiger partial charge in [0.25, 0.3) is 5.91 Å². The molecule has 4 heterocycles. The minimum absolute atomic E-state index is 0.0281. The van der Waals surface area contributed by atoms with Crippen molar-refractivity contribution < 1.29 is 20.0 Å². The fourth-order valence-corrected chi connectivity index (χ4v) is 6.13. The number of nitrogens with one attached hydrogen (secondary N) is 1. The van der Waals surface area contributed by atoms with Gasteiger partial charge in [-0.15, -0.1) is 0 Å². The Morgan fingerprint density at radius 3 is 2.74 bits per heavy atom. The van der Waals surface area contributed by atoms with Crippen molar-refractivity contribution in [3.8, 4) is 0 Å². The fraction of sp³-hybridized carbons (Fsp3) is 0.458. The van der Waals surface area contributed by atoms with Crippen LogP contribution in [0.5, 0.6) is 0 Å². The highest BCUT2D eigenvalue weighted by molar-refractivity contribution is 7.98. The van der Waals surface area contributed by atoms with Gasteiger partial charge in [0.1, 0.15) is 6.04 Å². The number of quaternary nitrogens is 1. The third kappa shape index (κ3) is 3.94. The number of carbonyl (C=O) groups is 2. The standard InChI is InChI=1S/C24H28N4O5S/c1-34-9-8-20(27-14-16-4-2-3-5-18(16)22(27)29)23(30)25-11-15-10-17(13-25)19-6-7-21(28(32)33)24(31)26(19)12-15/h2-7,15,17,20,28,32H,8-14H2,1H3. The second-order valence-electron chi connectivity index (χ2n) is 9.32. The topological polar surface area (TPSA) is 110 Å². The third-order valence-electron chi connectivity index (χ3n) is 7.25. The number of nitrogens with zero attached hydrogens (tertiary/aromatic N) is 3. The Morgan fingerprint density at radius 2 is 2.00 bits per heavy atom. The first kappa shape index (κ1) is 23.1. The van der Waals surface area contributed by atoms with Crippen molar-refractivity contribution in [2.24, 2.45) is 5.92 Å². The summed E-state index contributed by atoms with van der Waals surface area (Å²) >= 11 is 1.66. The maximum atomic E-state index is 13.8. The molecular weight excluding hydrogens is 456 g/mol. The summed E-state index contributed by atoms with van der Waals surface area (Å²) in [5.41, 5.74) is 1.71. The molecule has 0 saturated carbocycles. The van der Waals surface area contributed by atoms with Crippen LogP contribution < -0.4 is 10.8 Å². The maximum absolute atomic E-state index is 13.8. The molecule has 5 rings (SSSR count). The first-order valence-corrected chi connectivity index (χ1v) is 12.9. The summed E-state index contributed by atoms with van der Waals surface area (Å²) in [5.74, 6) is 0.686. The SMILES string of the molecule is CSCCC(C(=O)N1CC2CC(C1)c1ccc([NH+]([O-])O)c(=O)n1C2)N1Cc2ccccc2C1=O. The maximum Gasteiger partial charge on any atom is 0.315 e. The van der Waals surface area contributed by atoms with E-state index in [-0.39, 0.29) is 29.3 Å². The Balaban J connectivity index is 1.40. The van der Waals surface area contributed by atoms with Gasteiger partial charge in [0.05, 0.1) is 0 Å². The number of likely N-dealkylation sites (tertiary alicyclic amines) is 1. The van der Waals surface area contributed by atoms with Gasteiger partial charge in [-0.3, -0.25) is 14.4 Å². The summed E-state index contributed by atoms with van der Waals surface area (Å²) in [5, 5.41) is 19.5. The molecule has 4 unspecified atom stereocenters. The molecule has 180 valence electrons. The number of thioether (sulfide) groups is 1. The number of fused-ring (bicyclic) bond motifs is 5. The first-order valence-electron chi connectivity index (χ1n) is 11.5. The van der Waals surface area contributed by atoms with E-state index in [0.29, 0.717) is 38.2 Å². The molecule has 3 aliphatic rings. The summed E-state index contributed by atoms with van der Waals surface area (Å²) in [7, 11) is 0. The molecular formula is C24H28N4O5S. The molecule has 4 atom stereocenters. The van der Waals surface area contributed by atoms with Crippen LogP contribution >= 0.6 is 11.8 Å². The lowest BCUT2D eigenvalue weighted by Gasteiger charge is -2.44. The van der Waals surface area contributed by atoms with E-state index in [1.807, 2.05) is 35.4 Å². The molecule has 34 heavy (non-hydrogen) atoms. The van der Waals surface area contributed by atoms with Gasteiger partial charge < -0.3 is 19.6 Å². The highest BCUT2D eigenvalue weighted by Gasteiger charge is 2.42. The number of rotatable bonds is 6. The number of carbonyl (C=O) groups excluding carboxylic acids is 2. The van der Waals surface area contributed by atoms with Crippen LogP contribution in [0, 0.1) is 11.1 Å². The van der Waals surface area contributed by atoms with Crippen LogP contribution in [0.4, 0.5) is 5.69 Å². The molecule has 0 spiro atoms. The molecule has 9 nitrogen and oxygen atoms in total. The zero-order valence-electron chi connectivity index (χ0n) is 19.0. The molecule has 10 heteroatoms. The van der Waals surface area contributed by atoms with Crippen molar-refractivity contribution >= 4 is 29.3 Å². The molecule has 0 radical (unpaired) electrons. The molecule has 1 fully saturated rings. The van der Waals surface area contributed by atoms with E-state index in [2.05, 4.69) is 0 Å². The van der Waals surface area contributed by atoms with Crippen molar-refractivity contribution in [1.29, 1.82) is 0 Å². The lowest BCUT2D eigenvalue weighted by molar-refractivity contribution is -0.992. The van der Waals surface area contributed by atoms with E-state index in [1.165, 1.54) is 6.07 Å². The zero-order chi connectivity index (χ0) is 24.0. The van der Waals surface area contributed by atoms with E-state index < -0.39 is 16.8 Å². The van der Waals surface area contributed by atoms with Gasteiger partial charge in [-0.1, -0.05) is 18.2 Å². The highest BCUT2D eigenvalue weighted by atomic mass is 32.2. The summed E-state index contributed by atoms with van der Waals surface area (Å²) in [6, 6.07) is 10.1. The first-order chi connectivity index (χ1) is 16.4. The highest BCUT2D eigenvalue weighted by Crippen LogP contribution is 2.36. The second kappa shape index (κ2) is 9.18. The van der Waals surface area contributed by atoms with E-state index in [0.717, 1.165) is 23.4 Å². The van der Waals surface area contributed by atoms with Crippen LogP contribution in [0.2, 0.25) is 0 Å². The third-order valence-corrected chi connectivity index (χ3v) is 7.90. The molecule has 2 bridgehead atoms. The molecule has 2 amide bonds. The molecule has 2 N–H and O–H groups in total. The summed E-state index contributed by atoms with van der Waals surface area (Å²) in [4.78, 5) is 43.2. The fourth-order valence-electron chi connectivity index (χ4n) is 5.67. The Bertz CT molecular complexity index is 1180.